The Morgan fingerprint density at radius 3 is 2.83 bits per heavy atom. The second kappa shape index (κ2) is 7.04. The minimum absolute atomic E-state index is 0.204. The highest BCUT2D eigenvalue weighted by Crippen LogP contribution is 2.41. The highest BCUT2D eigenvalue weighted by molar-refractivity contribution is 7.15. The molecule has 8 heteroatoms. The van der Waals surface area contributed by atoms with Crippen molar-refractivity contribution in [2.45, 2.75) is 26.3 Å². The summed E-state index contributed by atoms with van der Waals surface area (Å²) in [6.07, 6.45) is 3.81. The maximum Gasteiger partial charge on any atom is 0.213 e. The molecule has 0 aliphatic carbocycles. The number of nitrogens with zero attached hydrogens (tertiary/aromatic N) is 5. The smallest absolute Gasteiger partial charge is 0.213 e. The third-order valence-electron chi connectivity index (χ3n) is 4.83. The van der Waals surface area contributed by atoms with E-state index in [2.05, 4.69) is 28.9 Å². The Labute approximate surface area is 171 Å². The number of benzene rings is 1. The number of hydrogen-bond acceptors (Lipinski definition) is 6. The number of ether oxygens (including phenoxy) is 1. The third-order valence-corrected chi connectivity index (χ3v) is 5.95. The standard InChI is InChI=1S/C21H18FN5OS/c1-12(2)27-20(24-11-25-27)21-26-19-15-4-3-13(14-5-7-23-18(22)10-14)9-16(15)28-8-6-17(19)29-21/h3-5,7,9-12H,6,8H2,1-2H3. The fourth-order valence-corrected chi connectivity index (χ4v) is 4.51. The molecule has 6 nitrogen and oxygen atoms in total. The summed E-state index contributed by atoms with van der Waals surface area (Å²) in [4.78, 5) is 14.1. The molecule has 0 fully saturated rings. The predicted molar refractivity (Wildman–Crippen MR) is 109 cm³/mol. The fraction of sp³-hybridized carbons (Fsp3) is 0.238. The van der Waals surface area contributed by atoms with Crippen LogP contribution in [0.1, 0.15) is 24.8 Å². The molecule has 0 N–H and O–H groups in total. The van der Waals surface area contributed by atoms with Crippen molar-refractivity contribution in [3.05, 3.63) is 53.7 Å². The molecule has 1 aliphatic heterocycles. The van der Waals surface area contributed by atoms with Crippen LogP contribution in [0.2, 0.25) is 0 Å². The normalized spacial score (nSPS) is 13.0. The number of pyridine rings is 1. The van der Waals surface area contributed by atoms with E-state index in [-0.39, 0.29) is 6.04 Å². The van der Waals surface area contributed by atoms with Crippen LogP contribution in [0.5, 0.6) is 5.75 Å². The molecule has 0 radical (unpaired) electrons. The highest BCUT2D eigenvalue weighted by Gasteiger charge is 2.23. The van der Waals surface area contributed by atoms with E-state index in [9.17, 15) is 4.39 Å². The van der Waals surface area contributed by atoms with Gasteiger partial charge < -0.3 is 4.74 Å². The first kappa shape index (κ1) is 17.9. The number of rotatable bonds is 3. The minimum Gasteiger partial charge on any atom is -0.492 e. The van der Waals surface area contributed by atoms with Crippen LogP contribution in [0, 0.1) is 5.95 Å². The third kappa shape index (κ3) is 3.19. The van der Waals surface area contributed by atoms with Crippen LogP contribution in [-0.2, 0) is 6.42 Å². The Morgan fingerprint density at radius 1 is 1.14 bits per heavy atom. The molecule has 4 heterocycles. The monoisotopic (exact) mass is 407 g/mol. The lowest BCUT2D eigenvalue weighted by Crippen LogP contribution is -2.04. The summed E-state index contributed by atoms with van der Waals surface area (Å²) in [6.45, 7) is 4.71. The predicted octanol–water partition coefficient (Wildman–Crippen LogP) is 4.79. The molecule has 0 atom stereocenters. The number of aromatic nitrogens is 5. The van der Waals surface area contributed by atoms with E-state index in [0.717, 1.165) is 45.4 Å². The lowest BCUT2D eigenvalue weighted by atomic mass is 10.0. The van der Waals surface area contributed by atoms with E-state index in [1.54, 1.807) is 23.7 Å². The lowest BCUT2D eigenvalue weighted by molar-refractivity contribution is 0.327. The molecular formula is C21H18FN5OS. The summed E-state index contributed by atoms with van der Waals surface area (Å²) >= 11 is 1.63. The second-order valence-corrected chi connectivity index (χ2v) is 8.17. The van der Waals surface area contributed by atoms with Crippen LogP contribution in [0.4, 0.5) is 4.39 Å². The van der Waals surface area contributed by atoms with Crippen molar-refractivity contribution >= 4 is 11.3 Å². The average Bonchev–Trinajstić information content (AvgIpc) is 3.32. The van der Waals surface area contributed by atoms with Gasteiger partial charge in [-0.2, -0.15) is 9.49 Å². The molecule has 3 aromatic heterocycles. The van der Waals surface area contributed by atoms with E-state index >= 15 is 0 Å². The molecule has 0 amide bonds. The molecule has 0 saturated heterocycles. The van der Waals surface area contributed by atoms with Gasteiger partial charge in [-0.3, -0.25) is 0 Å². The van der Waals surface area contributed by atoms with Crippen molar-refractivity contribution in [2.24, 2.45) is 0 Å². The maximum atomic E-state index is 13.5. The van der Waals surface area contributed by atoms with Gasteiger partial charge >= 0.3 is 0 Å². The van der Waals surface area contributed by atoms with Crippen LogP contribution >= 0.6 is 11.3 Å². The molecular weight excluding hydrogens is 389 g/mol. The Bertz CT molecular complexity index is 1200. The van der Waals surface area contributed by atoms with Crippen molar-refractivity contribution in [2.75, 3.05) is 6.61 Å². The molecule has 146 valence electrons. The van der Waals surface area contributed by atoms with Gasteiger partial charge in [0.25, 0.3) is 0 Å². The number of halogens is 1. The van der Waals surface area contributed by atoms with E-state index in [4.69, 9.17) is 9.72 Å². The van der Waals surface area contributed by atoms with Gasteiger partial charge in [0.05, 0.1) is 12.3 Å². The van der Waals surface area contributed by atoms with Crippen molar-refractivity contribution in [1.29, 1.82) is 0 Å². The number of thiazole rings is 1. The van der Waals surface area contributed by atoms with Crippen LogP contribution in [0.3, 0.4) is 0 Å². The van der Waals surface area contributed by atoms with E-state index in [1.165, 1.54) is 17.1 Å². The highest BCUT2D eigenvalue weighted by atomic mass is 32.1. The molecule has 5 rings (SSSR count). The van der Waals surface area contributed by atoms with Crippen molar-refractivity contribution in [1.82, 2.24) is 24.7 Å². The van der Waals surface area contributed by atoms with Gasteiger partial charge in [0.15, 0.2) is 10.8 Å². The van der Waals surface area contributed by atoms with Gasteiger partial charge in [0.2, 0.25) is 5.95 Å². The topological polar surface area (TPSA) is 65.7 Å². The average molecular weight is 407 g/mol. The molecule has 4 aromatic rings. The fourth-order valence-electron chi connectivity index (χ4n) is 3.46. The van der Waals surface area contributed by atoms with Crippen molar-refractivity contribution < 1.29 is 9.13 Å². The quantitative estimate of drug-likeness (QED) is 0.457. The zero-order chi connectivity index (χ0) is 20.0. The zero-order valence-electron chi connectivity index (χ0n) is 16.0. The van der Waals surface area contributed by atoms with Crippen LogP contribution in [0.15, 0.2) is 42.9 Å². The Balaban J connectivity index is 1.59. The number of fused-ring (bicyclic) bond motifs is 3. The molecule has 0 saturated carbocycles. The molecule has 0 spiro atoms. The molecule has 1 aliphatic rings. The summed E-state index contributed by atoms with van der Waals surface area (Å²) in [6, 6.07) is 9.30. The van der Waals surface area contributed by atoms with E-state index in [0.29, 0.717) is 6.61 Å². The first-order chi connectivity index (χ1) is 14.1. The van der Waals surface area contributed by atoms with Crippen molar-refractivity contribution in [3.8, 4) is 39.0 Å². The minimum atomic E-state index is -0.501. The number of hydrogen-bond donors (Lipinski definition) is 0. The SMILES string of the molecule is CC(C)n1ncnc1-c1nc2c(s1)CCOc1cc(-c3ccnc(F)c3)ccc1-2. The summed E-state index contributed by atoms with van der Waals surface area (Å²) in [5, 5.41) is 5.18. The van der Waals surface area contributed by atoms with Gasteiger partial charge in [-0.1, -0.05) is 6.07 Å². The second-order valence-electron chi connectivity index (χ2n) is 7.09. The summed E-state index contributed by atoms with van der Waals surface area (Å²) < 4.78 is 21.4. The maximum absolute atomic E-state index is 13.5. The molecule has 29 heavy (non-hydrogen) atoms. The van der Waals surface area contributed by atoms with E-state index in [1.807, 2.05) is 22.9 Å². The van der Waals surface area contributed by atoms with Crippen molar-refractivity contribution in [3.63, 3.8) is 0 Å². The van der Waals surface area contributed by atoms with Gasteiger partial charge in [0.1, 0.15) is 12.1 Å². The molecule has 1 aromatic carbocycles. The first-order valence-corrected chi connectivity index (χ1v) is 10.2. The van der Waals surface area contributed by atoms with Crippen LogP contribution in [-0.4, -0.2) is 31.3 Å². The summed E-state index contributed by atoms with van der Waals surface area (Å²) in [5.41, 5.74) is 3.50. The zero-order valence-corrected chi connectivity index (χ0v) is 16.8. The van der Waals surface area contributed by atoms with Gasteiger partial charge in [-0.25, -0.2) is 19.6 Å². The molecule has 0 unspecified atom stereocenters. The van der Waals surface area contributed by atoms with E-state index < -0.39 is 5.95 Å². The summed E-state index contributed by atoms with van der Waals surface area (Å²) in [5.74, 6) is 1.03. The van der Waals surface area contributed by atoms with Gasteiger partial charge in [-0.05, 0) is 43.2 Å². The van der Waals surface area contributed by atoms with Gasteiger partial charge in [-0.15, -0.1) is 11.3 Å². The van der Waals surface area contributed by atoms with Crippen LogP contribution < -0.4 is 4.74 Å². The largest absolute Gasteiger partial charge is 0.492 e. The van der Waals surface area contributed by atoms with Crippen LogP contribution in [0.25, 0.3) is 33.2 Å². The Kier molecular flexibility index (Phi) is 4.35. The lowest BCUT2D eigenvalue weighted by Gasteiger charge is -2.10. The Hall–Kier alpha value is -3.13. The Morgan fingerprint density at radius 2 is 2.00 bits per heavy atom. The summed E-state index contributed by atoms with van der Waals surface area (Å²) in [7, 11) is 0. The van der Waals surface area contributed by atoms with Gasteiger partial charge in [0, 0.05) is 35.2 Å². The molecule has 0 bridgehead atoms. The first-order valence-electron chi connectivity index (χ1n) is 9.39.